The molecule has 1 atom stereocenters. The fourth-order valence-electron chi connectivity index (χ4n) is 1.97. The molecule has 1 heterocycles. The quantitative estimate of drug-likeness (QED) is 0.850. The van der Waals surface area contributed by atoms with E-state index in [-0.39, 0.29) is 11.8 Å². The summed E-state index contributed by atoms with van der Waals surface area (Å²) >= 11 is 1.60. The van der Waals surface area contributed by atoms with Gasteiger partial charge >= 0.3 is 0 Å². The Hall–Kier alpha value is -1.65. The van der Waals surface area contributed by atoms with Crippen LogP contribution in [0.4, 0.5) is 0 Å². The van der Waals surface area contributed by atoms with Gasteiger partial charge in [-0.2, -0.15) is 0 Å². The van der Waals surface area contributed by atoms with E-state index in [9.17, 15) is 4.79 Å². The molecule has 0 aliphatic heterocycles. The largest absolute Gasteiger partial charge is 0.351 e. The van der Waals surface area contributed by atoms with Gasteiger partial charge in [0.25, 0.3) is 0 Å². The van der Waals surface area contributed by atoms with E-state index >= 15 is 0 Å². The van der Waals surface area contributed by atoms with Crippen molar-refractivity contribution in [3.05, 3.63) is 58.3 Å². The number of carbonyl (C=O) groups excluding carboxylic acids is 1. The molecule has 2 aromatic rings. The molecule has 1 aromatic heterocycles. The van der Waals surface area contributed by atoms with Crippen LogP contribution in [-0.4, -0.2) is 12.5 Å². The third-order valence-corrected chi connectivity index (χ3v) is 3.95. The van der Waals surface area contributed by atoms with E-state index < -0.39 is 0 Å². The van der Waals surface area contributed by atoms with E-state index in [1.807, 2.05) is 47.8 Å². The van der Waals surface area contributed by atoms with Crippen molar-refractivity contribution in [1.82, 2.24) is 5.32 Å². The predicted molar refractivity (Wildman–Crippen MR) is 79.0 cm³/mol. The number of nitrogens with one attached hydrogen (secondary N) is 1. The minimum Gasteiger partial charge on any atom is -0.351 e. The summed E-state index contributed by atoms with van der Waals surface area (Å²) in [6.45, 7) is 1.08. The molecule has 0 radical (unpaired) electrons. The maximum absolute atomic E-state index is 12.2. The Labute approximate surface area is 117 Å². The van der Waals surface area contributed by atoms with E-state index in [2.05, 4.69) is 5.32 Å². The highest BCUT2D eigenvalue weighted by atomic mass is 32.1. The van der Waals surface area contributed by atoms with E-state index in [1.54, 1.807) is 11.3 Å². The SMILES string of the molecule is NCCC(C(=O)NCc1ccccc1)c1cccs1. The summed E-state index contributed by atoms with van der Waals surface area (Å²) in [5, 5.41) is 4.97. The Morgan fingerprint density at radius 1 is 1.21 bits per heavy atom. The van der Waals surface area contributed by atoms with Gasteiger partial charge in [0.2, 0.25) is 5.91 Å². The normalized spacial score (nSPS) is 12.1. The van der Waals surface area contributed by atoms with E-state index in [0.717, 1.165) is 10.4 Å². The monoisotopic (exact) mass is 274 g/mol. The number of hydrogen-bond acceptors (Lipinski definition) is 3. The van der Waals surface area contributed by atoms with Gasteiger partial charge in [0.15, 0.2) is 0 Å². The average molecular weight is 274 g/mol. The van der Waals surface area contributed by atoms with Crippen LogP contribution in [-0.2, 0) is 11.3 Å². The van der Waals surface area contributed by atoms with Crippen LogP contribution in [0.25, 0.3) is 0 Å². The van der Waals surface area contributed by atoms with E-state index in [0.29, 0.717) is 19.5 Å². The molecule has 0 bridgehead atoms. The summed E-state index contributed by atoms with van der Waals surface area (Å²) in [5.41, 5.74) is 6.71. The highest BCUT2D eigenvalue weighted by Crippen LogP contribution is 2.24. The summed E-state index contributed by atoms with van der Waals surface area (Å²) in [7, 11) is 0. The summed E-state index contributed by atoms with van der Waals surface area (Å²) in [4.78, 5) is 13.3. The highest BCUT2D eigenvalue weighted by Gasteiger charge is 2.20. The zero-order valence-corrected chi connectivity index (χ0v) is 11.5. The number of carbonyl (C=O) groups is 1. The van der Waals surface area contributed by atoms with Crippen molar-refractivity contribution >= 4 is 17.2 Å². The van der Waals surface area contributed by atoms with Crippen LogP contribution < -0.4 is 11.1 Å². The van der Waals surface area contributed by atoms with Gasteiger partial charge in [0.1, 0.15) is 0 Å². The van der Waals surface area contributed by atoms with Crippen LogP contribution in [0.15, 0.2) is 47.8 Å². The zero-order valence-electron chi connectivity index (χ0n) is 10.7. The summed E-state index contributed by atoms with van der Waals surface area (Å²) in [5.74, 6) is -0.0783. The van der Waals surface area contributed by atoms with Crippen LogP contribution in [0, 0.1) is 0 Å². The standard InChI is InChI=1S/C15H18N2OS/c16-9-8-13(14-7-4-10-19-14)15(18)17-11-12-5-2-1-3-6-12/h1-7,10,13H,8-9,11,16H2,(H,17,18). The third-order valence-electron chi connectivity index (χ3n) is 2.97. The minimum absolute atomic E-state index is 0.0525. The lowest BCUT2D eigenvalue weighted by Gasteiger charge is -2.14. The molecule has 1 aromatic carbocycles. The van der Waals surface area contributed by atoms with Gasteiger partial charge in [-0.1, -0.05) is 36.4 Å². The van der Waals surface area contributed by atoms with Gasteiger partial charge < -0.3 is 11.1 Å². The third kappa shape index (κ3) is 3.91. The van der Waals surface area contributed by atoms with E-state index in [1.165, 1.54) is 0 Å². The molecule has 19 heavy (non-hydrogen) atoms. The summed E-state index contributed by atoms with van der Waals surface area (Å²) in [6, 6.07) is 13.9. The molecule has 0 fully saturated rings. The number of hydrogen-bond donors (Lipinski definition) is 2. The molecule has 4 heteroatoms. The second-order valence-corrected chi connectivity index (χ2v) is 5.33. The van der Waals surface area contributed by atoms with Crippen LogP contribution in [0.1, 0.15) is 22.8 Å². The zero-order chi connectivity index (χ0) is 13.5. The maximum atomic E-state index is 12.2. The van der Waals surface area contributed by atoms with Crippen LogP contribution >= 0.6 is 11.3 Å². The average Bonchev–Trinajstić information content (AvgIpc) is 2.97. The van der Waals surface area contributed by atoms with Crippen molar-refractivity contribution in [2.24, 2.45) is 5.73 Å². The van der Waals surface area contributed by atoms with Gasteiger partial charge in [0.05, 0.1) is 5.92 Å². The van der Waals surface area contributed by atoms with Crippen molar-refractivity contribution in [2.45, 2.75) is 18.9 Å². The number of amides is 1. The molecular weight excluding hydrogens is 256 g/mol. The van der Waals surface area contributed by atoms with Gasteiger partial charge in [-0.3, -0.25) is 4.79 Å². The molecule has 100 valence electrons. The molecule has 0 saturated carbocycles. The molecule has 0 spiro atoms. The predicted octanol–water partition coefficient (Wildman–Crippen LogP) is 2.50. The summed E-state index contributed by atoms with van der Waals surface area (Å²) < 4.78 is 0. The number of thiophene rings is 1. The molecule has 2 rings (SSSR count). The lowest BCUT2D eigenvalue weighted by Crippen LogP contribution is -2.29. The molecule has 1 amide bonds. The topological polar surface area (TPSA) is 55.1 Å². The number of nitrogens with two attached hydrogens (primary N) is 1. The molecule has 3 N–H and O–H groups in total. The van der Waals surface area contributed by atoms with Gasteiger partial charge in [-0.05, 0) is 30.0 Å². The molecule has 3 nitrogen and oxygen atoms in total. The smallest absolute Gasteiger partial charge is 0.228 e. The Morgan fingerprint density at radius 3 is 2.63 bits per heavy atom. The first-order chi connectivity index (χ1) is 9.31. The Morgan fingerprint density at radius 2 is 2.00 bits per heavy atom. The van der Waals surface area contributed by atoms with Crippen LogP contribution in [0.3, 0.4) is 0 Å². The van der Waals surface area contributed by atoms with Crippen molar-refractivity contribution < 1.29 is 4.79 Å². The molecule has 0 aliphatic carbocycles. The highest BCUT2D eigenvalue weighted by molar-refractivity contribution is 7.10. The van der Waals surface area contributed by atoms with Gasteiger partial charge in [-0.25, -0.2) is 0 Å². The molecular formula is C15H18N2OS. The first kappa shape index (κ1) is 13.8. The van der Waals surface area contributed by atoms with Crippen molar-refractivity contribution in [3.63, 3.8) is 0 Å². The van der Waals surface area contributed by atoms with Crippen molar-refractivity contribution in [1.29, 1.82) is 0 Å². The van der Waals surface area contributed by atoms with Crippen molar-refractivity contribution in [2.75, 3.05) is 6.54 Å². The Kier molecular flexibility index (Phi) is 5.12. The minimum atomic E-state index is -0.131. The fourth-order valence-corrected chi connectivity index (χ4v) is 2.83. The molecule has 0 saturated heterocycles. The van der Waals surface area contributed by atoms with E-state index in [4.69, 9.17) is 5.73 Å². The first-order valence-corrected chi connectivity index (χ1v) is 7.24. The number of benzene rings is 1. The maximum Gasteiger partial charge on any atom is 0.228 e. The lowest BCUT2D eigenvalue weighted by molar-refractivity contribution is -0.122. The Balaban J connectivity index is 1.97. The number of rotatable bonds is 6. The van der Waals surface area contributed by atoms with Crippen molar-refractivity contribution in [3.8, 4) is 0 Å². The van der Waals surface area contributed by atoms with Gasteiger partial charge in [0, 0.05) is 11.4 Å². The summed E-state index contributed by atoms with van der Waals surface area (Å²) in [6.07, 6.45) is 0.682. The fraction of sp³-hybridized carbons (Fsp3) is 0.267. The van der Waals surface area contributed by atoms with Gasteiger partial charge in [-0.15, -0.1) is 11.3 Å². The lowest BCUT2D eigenvalue weighted by atomic mass is 10.0. The molecule has 1 unspecified atom stereocenters. The van der Waals surface area contributed by atoms with Crippen LogP contribution in [0.2, 0.25) is 0 Å². The molecule has 0 aliphatic rings. The Bertz CT molecular complexity index is 496. The first-order valence-electron chi connectivity index (χ1n) is 6.36. The second kappa shape index (κ2) is 7.07. The second-order valence-electron chi connectivity index (χ2n) is 4.35. The van der Waals surface area contributed by atoms with Crippen LogP contribution in [0.5, 0.6) is 0 Å².